The number of piperidine rings is 1. The maximum atomic E-state index is 12.0. The zero-order chi connectivity index (χ0) is 23.0. The fourth-order valence-electron chi connectivity index (χ4n) is 4.11. The largest absolute Gasteiger partial charge is 0.444 e. The van der Waals surface area contributed by atoms with Gasteiger partial charge in [0.15, 0.2) is 0 Å². The van der Waals surface area contributed by atoms with Gasteiger partial charge in [0.05, 0.1) is 4.92 Å². The summed E-state index contributed by atoms with van der Waals surface area (Å²) in [4.78, 5) is 24.8. The molecule has 1 aliphatic heterocycles. The zero-order valence-electron chi connectivity index (χ0n) is 18.4. The van der Waals surface area contributed by atoms with Gasteiger partial charge in [-0.3, -0.25) is 15.4 Å². The molecule has 0 radical (unpaired) electrons. The second-order valence-electron chi connectivity index (χ2n) is 8.29. The molecule has 170 valence electrons. The molecule has 0 aromatic heterocycles. The molecule has 1 heterocycles. The van der Waals surface area contributed by atoms with Gasteiger partial charge in [0.25, 0.3) is 5.69 Å². The summed E-state index contributed by atoms with van der Waals surface area (Å²) in [5.74, 6) is 0.592. The van der Waals surface area contributed by atoms with E-state index in [0.717, 1.165) is 43.6 Å². The number of nitrogens with zero attached hydrogens (tertiary/aromatic N) is 2. The first-order chi connectivity index (χ1) is 16.1. The second kappa shape index (κ2) is 10.6. The molecule has 0 saturated carbocycles. The highest BCUT2D eigenvalue weighted by Gasteiger charge is 2.20. The summed E-state index contributed by atoms with van der Waals surface area (Å²) < 4.78 is 5.26. The first kappa shape index (κ1) is 22.3. The van der Waals surface area contributed by atoms with Crippen LogP contribution in [0.1, 0.15) is 24.0 Å². The minimum absolute atomic E-state index is 0.121. The second-order valence-corrected chi connectivity index (χ2v) is 8.29. The molecule has 3 aromatic rings. The van der Waals surface area contributed by atoms with E-state index in [1.54, 1.807) is 12.1 Å². The Kier molecular flexibility index (Phi) is 7.19. The van der Waals surface area contributed by atoms with Crippen LogP contribution in [0.2, 0.25) is 0 Å². The normalized spacial score (nSPS) is 14.0. The number of carbonyl (C=O) groups is 1. The van der Waals surface area contributed by atoms with Crippen LogP contribution in [-0.4, -0.2) is 24.1 Å². The Balaban J connectivity index is 1.21. The number of ether oxygens (including phenoxy) is 1. The molecule has 4 rings (SSSR count). The Bertz CT molecular complexity index is 1060. The van der Waals surface area contributed by atoms with Gasteiger partial charge in [0, 0.05) is 36.6 Å². The molecule has 7 heteroatoms. The molecule has 0 unspecified atom stereocenters. The van der Waals surface area contributed by atoms with Crippen molar-refractivity contribution in [2.75, 3.05) is 23.3 Å². The van der Waals surface area contributed by atoms with Crippen LogP contribution in [0.5, 0.6) is 0 Å². The number of hydrogen-bond donors (Lipinski definition) is 1. The van der Waals surface area contributed by atoms with E-state index < -0.39 is 6.09 Å². The standard InChI is InChI=1S/C26H27N3O4/c30-26(33-19-22-4-2-1-3-5-22)27-23-8-6-20(7-9-23)18-21-14-16-28(17-15-21)24-10-12-25(13-11-24)29(31)32/h1-13,21H,14-19H2,(H,27,30). The third-order valence-electron chi connectivity index (χ3n) is 5.98. The lowest BCUT2D eigenvalue weighted by molar-refractivity contribution is -0.384. The molecule has 1 N–H and O–H groups in total. The first-order valence-electron chi connectivity index (χ1n) is 11.1. The SMILES string of the molecule is O=C(Nc1ccc(CC2CCN(c3ccc([N+](=O)[O-])cc3)CC2)cc1)OCc1ccccc1. The highest BCUT2D eigenvalue weighted by atomic mass is 16.6. The van der Waals surface area contributed by atoms with Gasteiger partial charge in [-0.1, -0.05) is 42.5 Å². The molecular formula is C26H27N3O4. The van der Waals surface area contributed by atoms with Crippen LogP contribution in [0.25, 0.3) is 0 Å². The number of benzene rings is 3. The third-order valence-corrected chi connectivity index (χ3v) is 5.98. The zero-order valence-corrected chi connectivity index (χ0v) is 18.4. The number of amides is 1. The van der Waals surface area contributed by atoms with Crippen molar-refractivity contribution in [3.63, 3.8) is 0 Å². The van der Waals surface area contributed by atoms with Gasteiger partial charge in [-0.2, -0.15) is 0 Å². The Morgan fingerprint density at radius 2 is 1.61 bits per heavy atom. The van der Waals surface area contributed by atoms with Gasteiger partial charge in [-0.25, -0.2) is 4.79 Å². The van der Waals surface area contributed by atoms with E-state index >= 15 is 0 Å². The average molecular weight is 446 g/mol. The Morgan fingerprint density at radius 3 is 2.24 bits per heavy atom. The van der Waals surface area contributed by atoms with E-state index in [4.69, 9.17) is 4.74 Å². The molecule has 0 spiro atoms. The van der Waals surface area contributed by atoms with E-state index in [2.05, 4.69) is 22.3 Å². The van der Waals surface area contributed by atoms with Crippen molar-refractivity contribution in [3.05, 3.63) is 100 Å². The topological polar surface area (TPSA) is 84.7 Å². The monoisotopic (exact) mass is 445 g/mol. The molecule has 0 bridgehead atoms. The van der Waals surface area contributed by atoms with Crippen molar-refractivity contribution < 1.29 is 14.5 Å². The predicted molar refractivity (Wildman–Crippen MR) is 128 cm³/mol. The molecule has 0 atom stereocenters. The van der Waals surface area contributed by atoms with E-state index in [0.29, 0.717) is 11.6 Å². The number of anilines is 2. The summed E-state index contributed by atoms with van der Waals surface area (Å²) in [6.07, 6.45) is 2.67. The van der Waals surface area contributed by atoms with Crippen molar-refractivity contribution in [2.24, 2.45) is 5.92 Å². The van der Waals surface area contributed by atoms with Crippen LogP contribution >= 0.6 is 0 Å². The van der Waals surface area contributed by atoms with Crippen LogP contribution in [0.4, 0.5) is 21.9 Å². The molecule has 0 aliphatic carbocycles. The van der Waals surface area contributed by atoms with E-state index in [1.807, 2.05) is 54.6 Å². The minimum atomic E-state index is -0.467. The lowest BCUT2D eigenvalue weighted by atomic mass is 9.90. The third kappa shape index (κ3) is 6.32. The summed E-state index contributed by atoms with van der Waals surface area (Å²) >= 11 is 0. The molecule has 1 aliphatic rings. The quantitative estimate of drug-likeness (QED) is 0.367. The fraction of sp³-hybridized carbons (Fsp3) is 0.269. The van der Waals surface area contributed by atoms with Crippen LogP contribution in [0, 0.1) is 16.0 Å². The van der Waals surface area contributed by atoms with E-state index in [9.17, 15) is 14.9 Å². The van der Waals surface area contributed by atoms with Crippen molar-refractivity contribution >= 4 is 23.2 Å². The van der Waals surface area contributed by atoms with Gasteiger partial charge in [0.2, 0.25) is 0 Å². The Labute approximate surface area is 193 Å². The number of rotatable bonds is 7. The predicted octanol–water partition coefficient (Wildman–Crippen LogP) is 5.80. The summed E-state index contributed by atoms with van der Waals surface area (Å²) in [6, 6.07) is 24.3. The number of nitro groups is 1. The van der Waals surface area contributed by atoms with Crippen molar-refractivity contribution in [1.29, 1.82) is 0 Å². The van der Waals surface area contributed by atoms with Crippen molar-refractivity contribution in [1.82, 2.24) is 0 Å². The number of nitrogens with one attached hydrogen (secondary N) is 1. The van der Waals surface area contributed by atoms with Crippen LogP contribution in [0.3, 0.4) is 0 Å². The molecular weight excluding hydrogens is 418 g/mol. The maximum Gasteiger partial charge on any atom is 0.411 e. The van der Waals surface area contributed by atoms with E-state index in [1.165, 1.54) is 5.56 Å². The minimum Gasteiger partial charge on any atom is -0.444 e. The average Bonchev–Trinajstić information content (AvgIpc) is 2.85. The van der Waals surface area contributed by atoms with Crippen molar-refractivity contribution in [3.8, 4) is 0 Å². The van der Waals surface area contributed by atoms with Gasteiger partial charge in [-0.05, 0) is 60.6 Å². The van der Waals surface area contributed by atoms with Gasteiger partial charge in [0.1, 0.15) is 6.61 Å². The van der Waals surface area contributed by atoms with Gasteiger partial charge in [-0.15, -0.1) is 0 Å². The smallest absolute Gasteiger partial charge is 0.411 e. The van der Waals surface area contributed by atoms with E-state index in [-0.39, 0.29) is 17.2 Å². The van der Waals surface area contributed by atoms with Crippen LogP contribution < -0.4 is 10.2 Å². The molecule has 1 amide bonds. The Morgan fingerprint density at radius 1 is 0.939 bits per heavy atom. The Hall–Kier alpha value is -3.87. The van der Waals surface area contributed by atoms with Crippen LogP contribution in [0.15, 0.2) is 78.9 Å². The molecule has 3 aromatic carbocycles. The fourth-order valence-corrected chi connectivity index (χ4v) is 4.11. The summed E-state index contributed by atoms with van der Waals surface area (Å²) in [7, 11) is 0. The maximum absolute atomic E-state index is 12.0. The highest BCUT2D eigenvalue weighted by molar-refractivity contribution is 5.84. The number of hydrogen-bond acceptors (Lipinski definition) is 5. The first-order valence-corrected chi connectivity index (χ1v) is 11.1. The summed E-state index contributed by atoms with van der Waals surface area (Å²) in [6.45, 7) is 2.12. The van der Waals surface area contributed by atoms with Crippen LogP contribution in [-0.2, 0) is 17.8 Å². The number of non-ortho nitro benzene ring substituents is 1. The molecule has 1 fully saturated rings. The number of carbonyl (C=O) groups excluding carboxylic acids is 1. The molecule has 33 heavy (non-hydrogen) atoms. The lowest BCUT2D eigenvalue weighted by Gasteiger charge is -2.33. The molecule has 1 saturated heterocycles. The van der Waals surface area contributed by atoms with Crippen molar-refractivity contribution in [2.45, 2.75) is 25.9 Å². The highest BCUT2D eigenvalue weighted by Crippen LogP contribution is 2.27. The molecule has 7 nitrogen and oxygen atoms in total. The summed E-state index contributed by atoms with van der Waals surface area (Å²) in [5.41, 5.74) is 4.06. The van der Waals surface area contributed by atoms with Gasteiger partial charge < -0.3 is 9.64 Å². The summed E-state index contributed by atoms with van der Waals surface area (Å²) in [5, 5.41) is 13.6. The lowest BCUT2D eigenvalue weighted by Crippen LogP contribution is -2.34. The van der Waals surface area contributed by atoms with Gasteiger partial charge >= 0.3 is 6.09 Å². The number of nitro benzene ring substituents is 1.